The Labute approximate surface area is 202 Å². The molecular weight excluding hydrogens is 457 g/mol. The number of amides is 1. The third-order valence-electron chi connectivity index (χ3n) is 6.56. The van der Waals surface area contributed by atoms with Gasteiger partial charge < -0.3 is 15.4 Å². The number of hydrogen-bond acceptors (Lipinski definition) is 6. The third-order valence-corrected chi connectivity index (χ3v) is 6.85. The zero-order valence-electron chi connectivity index (χ0n) is 18.8. The Balaban J connectivity index is 1.31. The Morgan fingerprint density at radius 3 is 2.79 bits per heavy atom. The van der Waals surface area contributed by atoms with Crippen LogP contribution in [0.3, 0.4) is 0 Å². The maximum atomic E-state index is 13.5. The van der Waals surface area contributed by atoms with Crippen LogP contribution >= 0.6 is 11.6 Å². The summed E-state index contributed by atoms with van der Waals surface area (Å²) >= 11 is 5.90. The predicted molar refractivity (Wildman–Crippen MR) is 131 cm³/mol. The molecule has 1 saturated heterocycles. The van der Waals surface area contributed by atoms with Gasteiger partial charge in [0.2, 0.25) is 5.91 Å². The molecule has 1 aliphatic heterocycles. The highest BCUT2D eigenvalue weighted by Crippen LogP contribution is 2.47. The lowest BCUT2D eigenvalue weighted by molar-refractivity contribution is -0.112. The SMILES string of the molecule is COc1cc2ncnc(Nc3ccc(F)c(Cl)c3)c2cc1NC(=O)C=CCN1CC2(CCC2)C1. The minimum Gasteiger partial charge on any atom is -0.494 e. The van der Waals surface area contributed by atoms with Crippen LogP contribution in [0.15, 0.2) is 48.8 Å². The zero-order chi connectivity index (χ0) is 23.7. The van der Waals surface area contributed by atoms with Crippen molar-refractivity contribution in [3.63, 3.8) is 0 Å². The van der Waals surface area contributed by atoms with Gasteiger partial charge in [-0.05, 0) is 42.5 Å². The van der Waals surface area contributed by atoms with Gasteiger partial charge in [-0.3, -0.25) is 9.69 Å². The normalized spacial score (nSPS) is 16.9. The van der Waals surface area contributed by atoms with Crippen molar-refractivity contribution in [1.29, 1.82) is 0 Å². The van der Waals surface area contributed by atoms with E-state index in [-0.39, 0.29) is 10.9 Å². The average Bonchev–Trinajstić information content (AvgIpc) is 2.76. The minimum atomic E-state index is -0.501. The van der Waals surface area contributed by atoms with Crippen LogP contribution in [0.25, 0.3) is 10.9 Å². The highest BCUT2D eigenvalue weighted by atomic mass is 35.5. The first-order chi connectivity index (χ1) is 16.4. The number of carbonyl (C=O) groups is 1. The Morgan fingerprint density at radius 1 is 1.26 bits per heavy atom. The lowest BCUT2D eigenvalue weighted by atomic mass is 9.63. The van der Waals surface area contributed by atoms with Crippen molar-refractivity contribution in [3.8, 4) is 5.75 Å². The van der Waals surface area contributed by atoms with Crippen molar-refractivity contribution in [1.82, 2.24) is 14.9 Å². The number of rotatable bonds is 7. The molecule has 2 fully saturated rings. The summed E-state index contributed by atoms with van der Waals surface area (Å²) in [5.41, 5.74) is 2.27. The molecule has 176 valence electrons. The summed E-state index contributed by atoms with van der Waals surface area (Å²) < 4.78 is 19.0. The molecular formula is C25H25ClFN5O2. The molecule has 0 atom stereocenters. The number of hydrogen-bond donors (Lipinski definition) is 2. The molecule has 9 heteroatoms. The first-order valence-corrected chi connectivity index (χ1v) is 11.6. The van der Waals surface area contributed by atoms with Gasteiger partial charge in [-0.25, -0.2) is 14.4 Å². The number of nitrogens with zero attached hydrogens (tertiary/aromatic N) is 3. The second kappa shape index (κ2) is 9.19. The summed E-state index contributed by atoms with van der Waals surface area (Å²) in [6.07, 6.45) is 8.88. The van der Waals surface area contributed by atoms with Gasteiger partial charge in [-0.15, -0.1) is 0 Å². The van der Waals surface area contributed by atoms with E-state index < -0.39 is 5.82 Å². The van der Waals surface area contributed by atoms with E-state index in [2.05, 4.69) is 25.5 Å². The van der Waals surface area contributed by atoms with Crippen LogP contribution in [0.5, 0.6) is 5.75 Å². The summed E-state index contributed by atoms with van der Waals surface area (Å²) in [5, 5.41) is 6.69. The van der Waals surface area contributed by atoms with Gasteiger partial charge in [-0.2, -0.15) is 0 Å². The molecule has 0 unspecified atom stereocenters. The highest BCUT2D eigenvalue weighted by Gasteiger charge is 2.46. The summed E-state index contributed by atoms with van der Waals surface area (Å²) in [6.45, 7) is 3.03. The lowest BCUT2D eigenvalue weighted by Gasteiger charge is -2.56. The van der Waals surface area contributed by atoms with Crippen LogP contribution in [0, 0.1) is 11.2 Å². The van der Waals surface area contributed by atoms with E-state index in [0.717, 1.165) is 19.6 Å². The number of likely N-dealkylation sites (tertiary alicyclic amines) is 1. The summed E-state index contributed by atoms with van der Waals surface area (Å²) in [5.74, 6) is 0.231. The van der Waals surface area contributed by atoms with Crippen molar-refractivity contribution >= 4 is 45.6 Å². The topological polar surface area (TPSA) is 79.4 Å². The van der Waals surface area contributed by atoms with Crippen molar-refractivity contribution in [2.24, 2.45) is 5.41 Å². The molecule has 3 aromatic rings. The first-order valence-electron chi connectivity index (χ1n) is 11.2. The molecule has 34 heavy (non-hydrogen) atoms. The third kappa shape index (κ3) is 4.56. The average molecular weight is 482 g/mol. The van der Waals surface area contributed by atoms with E-state index in [1.54, 1.807) is 24.3 Å². The van der Waals surface area contributed by atoms with E-state index in [1.165, 1.54) is 44.8 Å². The monoisotopic (exact) mass is 481 g/mol. The van der Waals surface area contributed by atoms with Crippen LogP contribution in [0.2, 0.25) is 5.02 Å². The molecule has 2 aliphatic rings. The Hall–Kier alpha value is -3.23. The van der Waals surface area contributed by atoms with E-state index >= 15 is 0 Å². The van der Waals surface area contributed by atoms with Gasteiger partial charge in [0.05, 0.1) is 23.3 Å². The fourth-order valence-corrected chi connectivity index (χ4v) is 4.85. The van der Waals surface area contributed by atoms with Crippen molar-refractivity contribution in [3.05, 3.63) is 59.7 Å². The molecule has 0 radical (unpaired) electrons. The number of methoxy groups -OCH3 is 1. The molecule has 2 N–H and O–H groups in total. The van der Waals surface area contributed by atoms with Crippen LogP contribution < -0.4 is 15.4 Å². The first kappa shape index (κ1) is 22.6. The summed E-state index contributed by atoms with van der Waals surface area (Å²) in [4.78, 5) is 23.5. The van der Waals surface area contributed by atoms with Gasteiger partial charge >= 0.3 is 0 Å². The van der Waals surface area contributed by atoms with Crippen LogP contribution in [-0.2, 0) is 4.79 Å². The summed E-state index contributed by atoms with van der Waals surface area (Å²) in [6, 6.07) is 7.81. The van der Waals surface area contributed by atoms with Crippen molar-refractivity contribution < 1.29 is 13.9 Å². The maximum Gasteiger partial charge on any atom is 0.248 e. The Bertz CT molecular complexity index is 1270. The molecule has 1 amide bonds. The fraction of sp³-hybridized carbons (Fsp3) is 0.320. The molecule has 2 heterocycles. The number of fused-ring (bicyclic) bond motifs is 1. The fourth-order valence-electron chi connectivity index (χ4n) is 4.67. The standard InChI is InChI=1S/C25H25ClFN5O2/c1-34-22-12-20-17(24(29-15-28-20)30-16-5-6-19(27)18(26)10-16)11-21(22)31-23(33)4-2-9-32-13-25(14-32)7-3-8-25/h2,4-6,10-12,15H,3,7-9,13-14H2,1H3,(H,31,33)(H,28,29,30). The molecule has 2 aromatic carbocycles. The Kier molecular flexibility index (Phi) is 6.10. The van der Waals surface area contributed by atoms with E-state index in [9.17, 15) is 9.18 Å². The smallest absolute Gasteiger partial charge is 0.248 e. The Morgan fingerprint density at radius 2 is 2.09 bits per heavy atom. The number of carbonyl (C=O) groups excluding carboxylic acids is 1. The summed E-state index contributed by atoms with van der Waals surface area (Å²) in [7, 11) is 1.54. The van der Waals surface area contributed by atoms with Gasteiger partial charge in [-0.1, -0.05) is 24.1 Å². The molecule has 7 nitrogen and oxygen atoms in total. The van der Waals surface area contributed by atoms with Gasteiger partial charge in [0.15, 0.2) is 0 Å². The van der Waals surface area contributed by atoms with E-state index in [4.69, 9.17) is 16.3 Å². The van der Waals surface area contributed by atoms with Gasteiger partial charge in [0.1, 0.15) is 23.7 Å². The quantitative estimate of drug-likeness (QED) is 0.454. The lowest BCUT2D eigenvalue weighted by Crippen LogP contribution is -2.59. The number of benzene rings is 2. The van der Waals surface area contributed by atoms with Crippen molar-refractivity contribution in [2.45, 2.75) is 19.3 Å². The number of ether oxygens (including phenoxy) is 1. The molecule has 1 spiro atoms. The van der Waals surface area contributed by atoms with Crippen molar-refractivity contribution in [2.75, 3.05) is 37.4 Å². The van der Waals surface area contributed by atoms with Gasteiger partial charge in [0.25, 0.3) is 0 Å². The number of nitrogens with one attached hydrogen (secondary N) is 2. The maximum absolute atomic E-state index is 13.5. The second-order valence-electron chi connectivity index (χ2n) is 8.96. The van der Waals surface area contributed by atoms with E-state index in [1.807, 2.05) is 6.08 Å². The molecule has 1 aliphatic carbocycles. The highest BCUT2D eigenvalue weighted by molar-refractivity contribution is 6.31. The zero-order valence-corrected chi connectivity index (χ0v) is 19.5. The van der Waals surface area contributed by atoms with E-state index in [0.29, 0.717) is 39.3 Å². The second-order valence-corrected chi connectivity index (χ2v) is 9.37. The minimum absolute atomic E-state index is 0.00542. The van der Waals surface area contributed by atoms with Gasteiger partial charge in [0, 0.05) is 42.9 Å². The predicted octanol–water partition coefficient (Wildman–Crippen LogP) is 5.16. The number of aromatic nitrogens is 2. The number of anilines is 3. The largest absolute Gasteiger partial charge is 0.494 e. The molecule has 0 bridgehead atoms. The van der Waals surface area contributed by atoms with Crippen LogP contribution in [0.4, 0.5) is 21.6 Å². The molecule has 1 aromatic heterocycles. The molecule has 5 rings (SSSR count). The number of halogens is 2. The van der Waals surface area contributed by atoms with Crippen LogP contribution in [0.1, 0.15) is 19.3 Å². The van der Waals surface area contributed by atoms with Crippen LogP contribution in [-0.4, -0.2) is 47.5 Å². The molecule has 1 saturated carbocycles.